The van der Waals surface area contributed by atoms with Crippen LogP contribution >= 0.6 is 11.6 Å². The summed E-state index contributed by atoms with van der Waals surface area (Å²) < 4.78 is 0. The smallest absolute Gasteiger partial charge is 0.222 e. The lowest BCUT2D eigenvalue weighted by Gasteiger charge is -2.57. The third-order valence-corrected chi connectivity index (χ3v) is 6.73. The van der Waals surface area contributed by atoms with Crippen molar-refractivity contribution in [2.45, 2.75) is 63.5 Å². The molecule has 0 radical (unpaired) electrons. The van der Waals surface area contributed by atoms with Gasteiger partial charge in [0.15, 0.2) is 0 Å². The number of benzene rings is 1. The van der Waals surface area contributed by atoms with Crippen molar-refractivity contribution in [3.63, 3.8) is 0 Å². The molecule has 2 N–H and O–H groups in total. The predicted molar refractivity (Wildman–Crippen MR) is 102 cm³/mol. The van der Waals surface area contributed by atoms with Gasteiger partial charge in [0.1, 0.15) is 0 Å². The molecule has 0 heterocycles. The normalized spacial score (nSPS) is 32.9. The van der Waals surface area contributed by atoms with Gasteiger partial charge in [-0.05, 0) is 74.0 Å². The number of hydrogen-bond donors (Lipinski definition) is 2. The first-order chi connectivity index (χ1) is 12.4. The highest BCUT2D eigenvalue weighted by Crippen LogP contribution is 2.55. The number of halogens is 1. The summed E-state index contributed by atoms with van der Waals surface area (Å²) >= 11 is 5.96. The highest BCUT2D eigenvalue weighted by molar-refractivity contribution is 6.30. The molecule has 4 fully saturated rings. The highest BCUT2D eigenvalue weighted by Gasteiger charge is 2.51. The first kappa shape index (κ1) is 17.8. The van der Waals surface area contributed by atoms with Gasteiger partial charge >= 0.3 is 0 Å². The SMILES string of the molecule is CC(=O)NC(CC(=O)NC12CC3CC(CC(C3)C1)C2)c1ccc(Cl)cc1. The lowest BCUT2D eigenvalue weighted by atomic mass is 9.53. The zero-order valence-corrected chi connectivity index (χ0v) is 16.0. The molecule has 1 atom stereocenters. The quantitative estimate of drug-likeness (QED) is 0.818. The molecule has 5 heteroatoms. The van der Waals surface area contributed by atoms with Gasteiger partial charge in [-0.25, -0.2) is 0 Å². The molecule has 1 aromatic carbocycles. The lowest BCUT2D eigenvalue weighted by Crippen LogP contribution is -2.60. The Morgan fingerprint density at radius 1 is 1.08 bits per heavy atom. The van der Waals surface area contributed by atoms with E-state index in [1.54, 1.807) is 12.1 Å². The van der Waals surface area contributed by atoms with Crippen LogP contribution in [0.1, 0.15) is 63.5 Å². The summed E-state index contributed by atoms with van der Waals surface area (Å²) in [5.74, 6) is 2.30. The summed E-state index contributed by atoms with van der Waals surface area (Å²) in [7, 11) is 0. The lowest BCUT2D eigenvalue weighted by molar-refractivity contribution is -0.127. The third-order valence-electron chi connectivity index (χ3n) is 6.48. The second kappa shape index (κ2) is 6.88. The van der Waals surface area contributed by atoms with E-state index in [2.05, 4.69) is 10.6 Å². The standard InChI is InChI=1S/C21H27ClN2O2/c1-13(25)23-19(17-2-4-18(22)5-3-17)9-20(26)24-21-10-14-6-15(11-21)8-16(7-14)12-21/h2-5,14-16,19H,6-12H2,1H3,(H,23,25)(H,24,26). The molecule has 0 saturated heterocycles. The van der Waals surface area contributed by atoms with E-state index >= 15 is 0 Å². The van der Waals surface area contributed by atoms with Gasteiger partial charge in [-0.15, -0.1) is 0 Å². The van der Waals surface area contributed by atoms with E-state index in [1.165, 1.54) is 26.2 Å². The number of rotatable bonds is 5. The van der Waals surface area contributed by atoms with Crippen molar-refractivity contribution in [1.82, 2.24) is 10.6 Å². The zero-order valence-electron chi connectivity index (χ0n) is 15.3. The summed E-state index contributed by atoms with van der Waals surface area (Å²) in [5.41, 5.74) is 0.914. The van der Waals surface area contributed by atoms with Crippen LogP contribution in [0.2, 0.25) is 5.02 Å². The number of carbonyl (C=O) groups is 2. The molecule has 140 valence electrons. The van der Waals surface area contributed by atoms with E-state index < -0.39 is 0 Å². The van der Waals surface area contributed by atoms with Crippen LogP contribution in [-0.4, -0.2) is 17.4 Å². The summed E-state index contributed by atoms with van der Waals surface area (Å²) in [6.07, 6.45) is 7.74. The van der Waals surface area contributed by atoms with Gasteiger partial charge in [0.25, 0.3) is 0 Å². The van der Waals surface area contributed by atoms with Crippen LogP contribution in [0.5, 0.6) is 0 Å². The van der Waals surface area contributed by atoms with Crippen molar-refractivity contribution < 1.29 is 9.59 Å². The fourth-order valence-electron chi connectivity index (χ4n) is 5.99. The molecule has 1 aromatic rings. The average Bonchev–Trinajstić information content (AvgIpc) is 2.52. The molecule has 4 bridgehead atoms. The molecule has 2 amide bonds. The Hall–Kier alpha value is -1.55. The first-order valence-electron chi connectivity index (χ1n) is 9.74. The molecule has 0 aromatic heterocycles. The van der Waals surface area contributed by atoms with Crippen LogP contribution in [0.3, 0.4) is 0 Å². The number of carbonyl (C=O) groups excluding carboxylic acids is 2. The van der Waals surface area contributed by atoms with E-state index in [9.17, 15) is 9.59 Å². The minimum atomic E-state index is -0.321. The molecular formula is C21H27ClN2O2. The highest BCUT2D eigenvalue weighted by atomic mass is 35.5. The molecule has 4 nitrogen and oxygen atoms in total. The molecule has 0 aliphatic heterocycles. The monoisotopic (exact) mass is 374 g/mol. The van der Waals surface area contributed by atoms with Crippen molar-refractivity contribution in [2.75, 3.05) is 0 Å². The van der Waals surface area contributed by atoms with Crippen LogP contribution in [0.25, 0.3) is 0 Å². The van der Waals surface area contributed by atoms with Crippen LogP contribution < -0.4 is 10.6 Å². The number of hydrogen-bond acceptors (Lipinski definition) is 2. The molecule has 1 unspecified atom stereocenters. The third kappa shape index (κ3) is 3.75. The maximum atomic E-state index is 12.9. The van der Waals surface area contributed by atoms with Crippen LogP contribution in [0.15, 0.2) is 24.3 Å². The first-order valence-corrected chi connectivity index (χ1v) is 10.1. The van der Waals surface area contributed by atoms with Gasteiger partial charge in [-0.2, -0.15) is 0 Å². The maximum Gasteiger partial charge on any atom is 0.222 e. The Bertz CT molecular complexity index is 665. The van der Waals surface area contributed by atoms with Crippen molar-refractivity contribution in [2.24, 2.45) is 17.8 Å². The van der Waals surface area contributed by atoms with Gasteiger partial charge in [-0.3, -0.25) is 9.59 Å². The number of nitrogens with one attached hydrogen (secondary N) is 2. The van der Waals surface area contributed by atoms with E-state index in [1.807, 2.05) is 12.1 Å². The van der Waals surface area contributed by atoms with Gasteiger partial charge in [0.05, 0.1) is 12.5 Å². The Morgan fingerprint density at radius 2 is 1.62 bits per heavy atom. The minimum Gasteiger partial charge on any atom is -0.351 e. The molecular weight excluding hydrogens is 348 g/mol. The van der Waals surface area contributed by atoms with Crippen molar-refractivity contribution in [3.8, 4) is 0 Å². The second-order valence-corrected chi connectivity index (χ2v) is 9.19. The molecule has 4 aliphatic rings. The van der Waals surface area contributed by atoms with Crippen molar-refractivity contribution >= 4 is 23.4 Å². The Morgan fingerprint density at radius 3 is 2.12 bits per heavy atom. The van der Waals surface area contributed by atoms with E-state index in [-0.39, 0.29) is 29.8 Å². The Labute approximate surface area is 160 Å². The van der Waals surface area contributed by atoms with Gasteiger partial charge in [-0.1, -0.05) is 23.7 Å². The van der Waals surface area contributed by atoms with Crippen molar-refractivity contribution in [3.05, 3.63) is 34.9 Å². The van der Waals surface area contributed by atoms with Gasteiger partial charge in [0, 0.05) is 17.5 Å². The fourth-order valence-corrected chi connectivity index (χ4v) is 6.11. The molecule has 5 rings (SSSR count). The van der Waals surface area contributed by atoms with Gasteiger partial charge in [0.2, 0.25) is 11.8 Å². The summed E-state index contributed by atoms with van der Waals surface area (Å²) in [4.78, 5) is 24.5. The second-order valence-electron chi connectivity index (χ2n) is 8.75. The Kier molecular flexibility index (Phi) is 4.72. The molecule has 0 spiro atoms. The van der Waals surface area contributed by atoms with Crippen LogP contribution in [0.4, 0.5) is 0 Å². The van der Waals surface area contributed by atoms with E-state index in [4.69, 9.17) is 11.6 Å². The molecule has 4 aliphatic carbocycles. The summed E-state index contributed by atoms with van der Waals surface area (Å²) in [6.45, 7) is 1.49. The predicted octanol–water partition coefficient (Wildman–Crippen LogP) is 3.99. The molecule has 26 heavy (non-hydrogen) atoms. The Balaban J connectivity index is 1.45. The van der Waals surface area contributed by atoms with Crippen LogP contribution in [-0.2, 0) is 9.59 Å². The zero-order chi connectivity index (χ0) is 18.3. The topological polar surface area (TPSA) is 58.2 Å². The maximum absolute atomic E-state index is 12.9. The van der Waals surface area contributed by atoms with Crippen LogP contribution in [0, 0.1) is 17.8 Å². The largest absolute Gasteiger partial charge is 0.351 e. The van der Waals surface area contributed by atoms with Gasteiger partial charge < -0.3 is 10.6 Å². The fraction of sp³-hybridized carbons (Fsp3) is 0.619. The molecule has 4 saturated carbocycles. The summed E-state index contributed by atoms with van der Waals surface area (Å²) in [5, 5.41) is 6.95. The average molecular weight is 375 g/mol. The van der Waals surface area contributed by atoms with Crippen molar-refractivity contribution in [1.29, 1.82) is 0 Å². The van der Waals surface area contributed by atoms with E-state index in [0.717, 1.165) is 42.6 Å². The minimum absolute atomic E-state index is 0.00655. The summed E-state index contributed by atoms with van der Waals surface area (Å²) in [6, 6.07) is 7.02. The van der Waals surface area contributed by atoms with E-state index in [0.29, 0.717) is 5.02 Å². The number of amides is 2.